The van der Waals surface area contributed by atoms with Gasteiger partial charge in [0.05, 0.1) is 0 Å². The summed E-state index contributed by atoms with van der Waals surface area (Å²) < 4.78 is 0. The number of Topliss-reactive ketones (excluding diaryl/α,β-unsaturated/α-hetero) is 1. The first-order chi connectivity index (χ1) is 3.66. The molecule has 1 nitrogen and oxygen atoms in total. The summed E-state index contributed by atoms with van der Waals surface area (Å²) in [5.41, 5.74) is 0.553. The molecule has 0 aliphatic heterocycles. The molecule has 0 rings (SSSR count). The van der Waals surface area contributed by atoms with E-state index in [0.29, 0.717) is 12.0 Å². The largest absolute Gasteiger partial charge is 0.300 e. The molecule has 0 N–H and O–H groups in total. The summed E-state index contributed by atoms with van der Waals surface area (Å²) in [4.78, 5) is 10.3. The third kappa shape index (κ3) is 3.17. The van der Waals surface area contributed by atoms with Crippen molar-refractivity contribution in [2.75, 3.05) is 0 Å². The molecule has 0 aromatic heterocycles. The Labute approximate surface area is 49.4 Å². The molecule has 0 radical (unpaired) electrons. The van der Waals surface area contributed by atoms with Gasteiger partial charge in [0.2, 0.25) is 0 Å². The molecule has 0 fully saturated rings. The topological polar surface area (TPSA) is 17.1 Å². The van der Waals surface area contributed by atoms with Crippen LogP contribution in [-0.2, 0) is 4.79 Å². The molecule has 0 atom stereocenters. The molecule has 0 aliphatic rings. The van der Waals surface area contributed by atoms with Gasteiger partial charge in [-0.05, 0) is 6.92 Å². The number of carbonyl (C=O) groups is 1. The zero-order chi connectivity index (χ0) is 6.57. The second kappa shape index (κ2) is 3.04. The fraction of sp³-hybridized carbons (Fsp3) is 0.286. The number of terminal acetylenes is 1. The van der Waals surface area contributed by atoms with Gasteiger partial charge in [0.1, 0.15) is 5.78 Å². The minimum Gasteiger partial charge on any atom is -0.300 e. The van der Waals surface area contributed by atoms with Crippen LogP contribution in [0.4, 0.5) is 0 Å². The Balaban J connectivity index is 3.61. The molecule has 0 aromatic carbocycles. The van der Waals surface area contributed by atoms with E-state index in [1.165, 1.54) is 6.92 Å². The van der Waals surface area contributed by atoms with Gasteiger partial charge >= 0.3 is 0 Å². The van der Waals surface area contributed by atoms with Gasteiger partial charge in [-0.25, -0.2) is 0 Å². The van der Waals surface area contributed by atoms with Crippen LogP contribution >= 0.6 is 0 Å². The van der Waals surface area contributed by atoms with Crippen LogP contribution in [0.3, 0.4) is 0 Å². The predicted octanol–water partition coefficient (Wildman–Crippen LogP) is 1.15. The van der Waals surface area contributed by atoms with Crippen molar-refractivity contribution < 1.29 is 4.79 Å². The number of hydrogen-bond donors (Lipinski definition) is 0. The summed E-state index contributed by atoms with van der Waals surface area (Å²) in [5.74, 6) is 2.34. The van der Waals surface area contributed by atoms with Crippen LogP contribution in [0.25, 0.3) is 0 Å². The van der Waals surface area contributed by atoms with E-state index < -0.39 is 0 Å². The van der Waals surface area contributed by atoms with Gasteiger partial charge in [0.15, 0.2) is 0 Å². The van der Waals surface area contributed by atoms with Crippen molar-refractivity contribution in [3.8, 4) is 12.3 Å². The second-order valence-electron chi connectivity index (χ2n) is 1.63. The quantitative estimate of drug-likeness (QED) is 0.485. The molecule has 8 heavy (non-hydrogen) atoms. The maximum atomic E-state index is 10.3. The average Bonchev–Trinajstić information content (AvgIpc) is 1.65. The van der Waals surface area contributed by atoms with Crippen LogP contribution < -0.4 is 0 Å². The van der Waals surface area contributed by atoms with Crippen molar-refractivity contribution in [1.29, 1.82) is 0 Å². The van der Waals surface area contributed by atoms with Crippen molar-refractivity contribution in [2.24, 2.45) is 0 Å². The predicted molar refractivity (Wildman–Crippen MR) is 33.3 cm³/mol. The van der Waals surface area contributed by atoms with Crippen LogP contribution in [0.5, 0.6) is 0 Å². The van der Waals surface area contributed by atoms with Crippen molar-refractivity contribution in [3.05, 3.63) is 12.2 Å². The molecule has 0 unspecified atom stereocenters. The van der Waals surface area contributed by atoms with E-state index in [4.69, 9.17) is 6.42 Å². The molecular formula is C7H8O. The van der Waals surface area contributed by atoms with Crippen molar-refractivity contribution >= 4 is 5.78 Å². The number of ketones is 1. The number of hydrogen-bond acceptors (Lipinski definition) is 1. The molecule has 0 saturated carbocycles. The van der Waals surface area contributed by atoms with Gasteiger partial charge in [-0.1, -0.05) is 12.5 Å². The number of carbonyl (C=O) groups excluding carboxylic acids is 1. The maximum Gasteiger partial charge on any atom is 0.134 e. The minimum atomic E-state index is 0.0629. The molecule has 0 spiro atoms. The van der Waals surface area contributed by atoms with E-state index in [1.807, 2.05) is 0 Å². The van der Waals surface area contributed by atoms with Gasteiger partial charge in [-0.3, -0.25) is 4.79 Å². The van der Waals surface area contributed by atoms with Crippen LogP contribution in [-0.4, -0.2) is 5.78 Å². The molecule has 0 aromatic rings. The van der Waals surface area contributed by atoms with Crippen molar-refractivity contribution in [2.45, 2.75) is 13.3 Å². The summed E-state index contributed by atoms with van der Waals surface area (Å²) in [6.45, 7) is 4.94. The lowest BCUT2D eigenvalue weighted by Gasteiger charge is -1.87. The van der Waals surface area contributed by atoms with E-state index >= 15 is 0 Å². The molecule has 0 saturated heterocycles. The lowest BCUT2D eigenvalue weighted by molar-refractivity contribution is -0.116. The van der Waals surface area contributed by atoms with Crippen LogP contribution in [0.15, 0.2) is 12.2 Å². The first-order valence-corrected chi connectivity index (χ1v) is 2.30. The van der Waals surface area contributed by atoms with E-state index in [0.717, 1.165) is 0 Å². The third-order valence-electron chi connectivity index (χ3n) is 0.666. The summed E-state index contributed by atoms with van der Waals surface area (Å²) in [7, 11) is 0. The second-order valence-corrected chi connectivity index (χ2v) is 1.63. The van der Waals surface area contributed by atoms with Crippen molar-refractivity contribution in [1.82, 2.24) is 0 Å². The van der Waals surface area contributed by atoms with E-state index in [2.05, 4.69) is 12.5 Å². The Morgan fingerprint density at radius 3 is 2.50 bits per heavy atom. The number of allylic oxidation sites excluding steroid dienone is 1. The Morgan fingerprint density at radius 1 is 1.88 bits per heavy atom. The maximum absolute atomic E-state index is 10.3. The Morgan fingerprint density at radius 2 is 2.38 bits per heavy atom. The molecule has 0 aliphatic carbocycles. The highest BCUT2D eigenvalue weighted by Gasteiger charge is 1.91. The van der Waals surface area contributed by atoms with E-state index in [-0.39, 0.29) is 5.78 Å². The van der Waals surface area contributed by atoms with Crippen LogP contribution in [0.1, 0.15) is 13.3 Å². The molecule has 0 amide bonds. The molecule has 42 valence electrons. The standard InChI is InChI=1S/C7H8O/c1-4-6(2)5-7(3)8/h1H,2,5H2,3H3. The van der Waals surface area contributed by atoms with Gasteiger partial charge in [0, 0.05) is 12.0 Å². The van der Waals surface area contributed by atoms with Gasteiger partial charge in [0.25, 0.3) is 0 Å². The third-order valence-corrected chi connectivity index (χ3v) is 0.666. The molecule has 0 heterocycles. The van der Waals surface area contributed by atoms with E-state index in [9.17, 15) is 4.79 Å². The Bertz CT molecular complexity index is 148. The normalized spacial score (nSPS) is 7.50. The first-order valence-electron chi connectivity index (χ1n) is 2.30. The van der Waals surface area contributed by atoms with Gasteiger partial charge in [-0.2, -0.15) is 0 Å². The lowest BCUT2D eigenvalue weighted by Crippen LogP contribution is -1.89. The highest BCUT2D eigenvalue weighted by Crippen LogP contribution is 1.94. The molecular weight excluding hydrogens is 100 g/mol. The van der Waals surface area contributed by atoms with Crippen LogP contribution in [0, 0.1) is 12.3 Å². The Hall–Kier alpha value is -1.03. The summed E-state index contributed by atoms with van der Waals surface area (Å²) in [5, 5.41) is 0. The molecule has 0 bridgehead atoms. The summed E-state index contributed by atoms with van der Waals surface area (Å²) >= 11 is 0. The zero-order valence-electron chi connectivity index (χ0n) is 4.90. The Kier molecular flexibility index (Phi) is 2.64. The first kappa shape index (κ1) is 6.97. The molecule has 1 heteroatoms. The zero-order valence-corrected chi connectivity index (χ0v) is 4.90. The van der Waals surface area contributed by atoms with Crippen LogP contribution in [0.2, 0.25) is 0 Å². The minimum absolute atomic E-state index is 0.0629. The van der Waals surface area contributed by atoms with Gasteiger partial charge < -0.3 is 0 Å². The van der Waals surface area contributed by atoms with E-state index in [1.54, 1.807) is 0 Å². The smallest absolute Gasteiger partial charge is 0.134 e. The summed E-state index contributed by atoms with van der Waals surface area (Å²) in [6.07, 6.45) is 5.23. The summed E-state index contributed by atoms with van der Waals surface area (Å²) in [6, 6.07) is 0. The van der Waals surface area contributed by atoms with Crippen molar-refractivity contribution in [3.63, 3.8) is 0 Å². The van der Waals surface area contributed by atoms with Gasteiger partial charge in [-0.15, -0.1) is 6.42 Å². The fourth-order valence-electron chi connectivity index (χ4n) is 0.352. The SMILES string of the molecule is C#CC(=C)CC(C)=O. The number of rotatable bonds is 2. The lowest BCUT2D eigenvalue weighted by atomic mass is 10.2. The highest BCUT2D eigenvalue weighted by atomic mass is 16.1. The average molecular weight is 108 g/mol. The fourth-order valence-corrected chi connectivity index (χ4v) is 0.352. The monoisotopic (exact) mass is 108 g/mol. The highest BCUT2D eigenvalue weighted by molar-refractivity contribution is 5.78.